The molecule has 4 heterocycles. The maximum atomic E-state index is 2.99. The number of benzene rings is 7. The molecule has 0 saturated heterocycles. The topological polar surface area (TPSA) is 6.48 Å². The van der Waals surface area contributed by atoms with Gasteiger partial charge in [0, 0.05) is 54.5 Å². The van der Waals surface area contributed by atoms with Crippen LogP contribution in [-0.4, -0.2) is 12.4 Å². The summed E-state index contributed by atoms with van der Waals surface area (Å²) in [6.07, 6.45) is 7.30. The second kappa shape index (κ2) is 14.4. The van der Waals surface area contributed by atoms with Crippen LogP contribution in [-0.2, 0) is 32.5 Å². The normalized spacial score (nSPS) is 22.4. The average Bonchev–Trinajstić information content (AvgIpc) is 3.94. The van der Waals surface area contributed by atoms with E-state index >= 15 is 0 Å². The van der Waals surface area contributed by atoms with E-state index in [-0.39, 0.29) is 44.9 Å². The smallest absolute Gasteiger partial charge is 0.333 e. The Morgan fingerprint density at radius 1 is 0.493 bits per heavy atom. The number of fused-ring (bicyclic) bond motifs is 15. The first-order chi connectivity index (χ1) is 34.4. The lowest BCUT2D eigenvalue weighted by atomic mass is 9.43. The molecule has 368 valence electrons. The van der Waals surface area contributed by atoms with E-state index in [1.54, 1.807) is 16.7 Å². The molecule has 6 aliphatic rings. The van der Waals surface area contributed by atoms with Gasteiger partial charge in [0.15, 0.2) is 0 Å². The van der Waals surface area contributed by atoms with E-state index in [1.165, 1.54) is 148 Å². The predicted molar refractivity (Wildman–Crippen MR) is 317 cm³/mol. The fourth-order valence-corrected chi connectivity index (χ4v) is 16.8. The van der Waals surface area contributed by atoms with Gasteiger partial charge in [-0.15, -0.1) is 11.3 Å². The van der Waals surface area contributed by atoms with E-state index in [9.17, 15) is 0 Å². The van der Waals surface area contributed by atoms with Crippen molar-refractivity contribution in [2.45, 2.75) is 173 Å². The first-order valence-corrected chi connectivity index (χ1v) is 28.6. The Kier molecular flexibility index (Phi) is 9.08. The molecule has 0 bridgehead atoms. The Balaban J connectivity index is 1.17. The van der Waals surface area contributed by atoms with Crippen molar-refractivity contribution in [3.63, 3.8) is 0 Å². The van der Waals surface area contributed by atoms with Crippen LogP contribution in [0.4, 0.5) is 22.7 Å². The quantitative estimate of drug-likeness (QED) is 0.159. The highest BCUT2D eigenvalue weighted by molar-refractivity contribution is 7.26. The van der Waals surface area contributed by atoms with E-state index < -0.39 is 0 Å². The molecule has 1 fully saturated rings. The lowest BCUT2D eigenvalue weighted by Gasteiger charge is -2.53. The van der Waals surface area contributed by atoms with Crippen LogP contribution in [0.3, 0.4) is 0 Å². The van der Waals surface area contributed by atoms with Gasteiger partial charge >= 0.3 is 6.85 Å². The zero-order valence-electron chi connectivity index (χ0n) is 46.1. The zero-order valence-corrected chi connectivity index (χ0v) is 46.9. The minimum absolute atomic E-state index is 0.0204. The molecular formula is C69H73BN2S. The molecule has 2 unspecified atom stereocenters. The molecule has 2 nitrogen and oxygen atoms in total. The summed E-state index contributed by atoms with van der Waals surface area (Å²) >= 11 is 2.03. The van der Waals surface area contributed by atoms with Crippen LogP contribution in [0, 0.1) is 0 Å². The summed E-state index contributed by atoms with van der Waals surface area (Å²) in [5.74, 6) is 0. The van der Waals surface area contributed by atoms with E-state index in [0.29, 0.717) is 0 Å². The van der Waals surface area contributed by atoms with Gasteiger partial charge in [0.1, 0.15) is 0 Å². The van der Waals surface area contributed by atoms with Gasteiger partial charge in [0.25, 0.3) is 0 Å². The molecule has 2 atom stereocenters. The fraction of sp³-hybridized carbons (Fsp3) is 0.391. The molecule has 1 aromatic heterocycles. The highest BCUT2D eigenvalue weighted by Gasteiger charge is 2.63. The third-order valence-corrected chi connectivity index (χ3v) is 21.5. The van der Waals surface area contributed by atoms with Gasteiger partial charge in [0.05, 0.1) is 15.9 Å². The van der Waals surface area contributed by atoms with E-state index in [2.05, 4.69) is 222 Å². The third kappa shape index (κ3) is 5.94. The zero-order chi connectivity index (χ0) is 50.9. The molecule has 3 aliphatic carbocycles. The Hall–Kier alpha value is -5.58. The number of hydrogen-bond donors (Lipinski definition) is 0. The third-order valence-electron chi connectivity index (χ3n) is 20.3. The molecule has 3 aliphatic heterocycles. The summed E-state index contributed by atoms with van der Waals surface area (Å²) in [7, 11) is 0. The van der Waals surface area contributed by atoms with Gasteiger partial charge in [-0.1, -0.05) is 176 Å². The van der Waals surface area contributed by atoms with Crippen molar-refractivity contribution >= 4 is 72.0 Å². The van der Waals surface area contributed by atoms with Crippen molar-refractivity contribution in [2.75, 3.05) is 9.71 Å². The molecule has 0 N–H and O–H groups in total. The Labute approximate surface area is 440 Å². The largest absolute Gasteiger partial charge is 0.376 e. The molecule has 8 aromatic rings. The van der Waals surface area contributed by atoms with Crippen LogP contribution in [0.5, 0.6) is 0 Å². The van der Waals surface area contributed by atoms with Crippen LogP contribution >= 0.6 is 11.3 Å². The lowest BCUT2D eigenvalue weighted by Crippen LogP contribution is -2.64. The lowest BCUT2D eigenvalue weighted by molar-refractivity contribution is 0.195. The van der Waals surface area contributed by atoms with Gasteiger partial charge in [0.2, 0.25) is 0 Å². The van der Waals surface area contributed by atoms with Crippen molar-refractivity contribution in [1.29, 1.82) is 0 Å². The molecule has 1 saturated carbocycles. The predicted octanol–water partition coefficient (Wildman–Crippen LogP) is 18.0. The monoisotopic (exact) mass is 973 g/mol. The van der Waals surface area contributed by atoms with Gasteiger partial charge in [-0.2, -0.15) is 0 Å². The number of anilines is 4. The number of hydrogen-bond acceptors (Lipinski definition) is 3. The summed E-state index contributed by atoms with van der Waals surface area (Å²) in [6, 6.07) is 46.9. The maximum absolute atomic E-state index is 2.99. The number of rotatable bonds is 2. The molecule has 0 amide bonds. The molecule has 0 radical (unpaired) electrons. The number of nitrogens with zero attached hydrogens (tertiary/aromatic N) is 2. The summed E-state index contributed by atoms with van der Waals surface area (Å²) in [4.78, 5) is 5.87. The van der Waals surface area contributed by atoms with Crippen LogP contribution < -0.4 is 20.6 Å². The summed E-state index contributed by atoms with van der Waals surface area (Å²) in [6.45, 7) is 34.7. The molecule has 7 aromatic carbocycles. The van der Waals surface area contributed by atoms with Gasteiger partial charge < -0.3 is 9.71 Å². The van der Waals surface area contributed by atoms with Gasteiger partial charge in [-0.3, -0.25) is 0 Å². The van der Waals surface area contributed by atoms with Crippen molar-refractivity contribution in [3.8, 4) is 33.4 Å². The van der Waals surface area contributed by atoms with Crippen molar-refractivity contribution in [3.05, 3.63) is 154 Å². The SMILES string of the molecule is CC(C)(C)c1ccc(N2B3c4cc(C(C)(C)C)cc5c4N(c4c3c(cc3c4sc4ccccc43)-c3cc4c(cc32)C(C)(C)c2cc3c(cc2-4)C(C)(C)CCC3(C)C)C2(C)CCCCC52C)c(-c2ccccc2)c1. The number of thiophene rings is 1. The summed E-state index contributed by atoms with van der Waals surface area (Å²) < 4.78 is 2.81. The van der Waals surface area contributed by atoms with Gasteiger partial charge in [-0.25, -0.2) is 0 Å². The second-order valence-corrected chi connectivity index (χ2v) is 28.9. The van der Waals surface area contributed by atoms with Crippen LogP contribution in [0.2, 0.25) is 0 Å². The highest BCUT2D eigenvalue weighted by Crippen LogP contribution is 2.65. The van der Waals surface area contributed by atoms with Crippen LogP contribution in [0.1, 0.15) is 174 Å². The molecule has 14 rings (SSSR count). The molecule has 0 spiro atoms. The first-order valence-electron chi connectivity index (χ1n) is 27.8. The molecular weight excluding hydrogens is 900 g/mol. The molecule has 4 heteroatoms. The van der Waals surface area contributed by atoms with E-state index in [4.69, 9.17) is 0 Å². The summed E-state index contributed by atoms with van der Waals surface area (Å²) in [5, 5.41) is 2.77. The Bertz CT molecular complexity index is 3740. The Morgan fingerprint density at radius 3 is 1.88 bits per heavy atom. The fourth-order valence-electron chi connectivity index (χ4n) is 15.6. The minimum Gasteiger partial charge on any atom is -0.376 e. The second-order valence-electron chi connectivity index (χ2n) is 27.9. The van der Waals surface area contributed by atoms with Crippen molar-refractivity contribution < 1.29 is 0 Å². The maximum Gasteiger partial charge on any atom is 0.333 e. The van der Waals surface area contributed by atoms with Crippen LogP contribution in [0.25, 0.3) is 53.6 Å². The first kappa shape index (κ1) is 46.0. The summed E-state index contributed by atoms with van der Waals surface area (Å²) in [5.41, 5.74) is 26.9. The van der Waals surface area contributed by atoms with Crippen molar-refractivity contribution in [2.24, 2.45) is 0 Å². The highest BCUT2D eigenvalue weighted by atomic mass is 32.1. The van der Waals surface area contributed by atoms with Crippen molar-refractivity contribution in [1.82, 2.24) is 0 Å². The van der Waals surface area contributed by atoms with Crippen LogP contribution in [0.15, 0.2) is 115 Å². The molecule has 73 heavy (non-hydrogen) atoms. The minimum atomic E-state index is -0.203. The van der Waals surface area contributed by atoms with E-state index in [1.807, 2.05) is 11.3 Å². The average molecular weight is 973 g/mol. The van der Waals surface area contributed by atoms with Gasteiger partial charge in [-0.05, 0) is 169 Å². The van der Waals surface area contributed by atoms with E-state index in [0.717, 1.165) is 0 Å². The Morgan fingerprint density at radius 2 is 1.15 bits per heavy atom. The standard InChI is InChI=1S/C69H73BN2S/c1-63(2,3)41-26-27-56(44(32-41)40-22-16-15-17-23-40)72-57-39-51-45(46-37-52-53(38-50(46)67(51,11)12)66(9,10)31-30-65(52,7)8)35-47(57)48-36-49-43-24-18-19-25-58(43)73-62(49)61-59(48)70(72)55-34-42(64(4,5)6)33-54-60(55)71(61)69(14)29-21-20-28-68(54,69)13/h15-19,22-27,32-39H,20-21,28-31H2,1-14H3.